The number of aliphatic hydroxyl groups is 2. The summed E-state index contributed by atoms with van der Waals surface area (Å²) in [5.74, 6) is 0. The third-order valence-electron chi connectivity index (χ3n) is 1.33. The summed E-state index contributed by atoms with van der Waals surface area (Å²) in [4.78, 5) is 9.13. The molecule has 0 spiro atoms. The summed E-state index contributed by atoms with van der Waals surface area (Å²) in [6.07, 6.45) is -0.856. The van der Waals surface area contributed by atoms with Gasteiger partial charge in [-0.15, -0.1) is 0 Å². The van der Waals surface area contributed by atoms with Gasteiger partial charge in [-0.3, -0.25) is 10.1 Å². The van der Waals surface area contributed by atoms with Crippen LogP contribution in [0.5, 0.6) is 0 Å². The number of rotatable bonds is 5. The van der Waals surface area contributed by atoms with E-state index < -0.39 is 17.3 Å². The number of hydrogen-bond acceptors (Lipinski definition) is 4. The van der Waals surface area contributed by atoms with Gasteiger partial charge >= 0.3 is 6.23 Å². The zero-order chi connectivity index (χ0) is 8.85. The van der Waals surface area contributed by atoms with Gasteiger partial charge in [0, 0.05) is 6.42 Å². The first-order chi connectivity index (χ1) is 5.04. The van der Waals surface area contributed by atoms with Crippen LogP contribution in [0, 0.1) is 10.1 Å². The Labute approximate surface area is 64.8 Å². The topological polar surface area (TPSA) is 83.6 Å². The molecule has 0 aliphatic rings. The monoisotopic (exact) mass is 163 g/mol. The van der Waals surface area contributed by atoms with Crippen molar-refractivity contribution in [3.63, 3.8) is 0 Å². The minimum atomic E-state index is -1.48. The van der Waals surface area contributed by atoms with Crippen molar-refractivity contribution in [1.29, 1.82) is 0 Å². The molecular formula is C6H13NO4. The van der Waals surface area contributed by atoms with Crippen LogP contribution in [0.3, 0.4) is 0 Å². The van der Waals surface area contributed by atoms with Gasteiger partial charge in [-0.1, -0.05) is 0 Å². The summed E-state index contributed by atoms with van der Waals surface area (Å²) in [5, 5.41) is 27.3. The van der Waals surface area contributed by atoms with E-state index in [0.717, 1.165) is 0 Å². The Morgan fingerprint density at radius 3 is 2.36 bits per heavy atom. The minimum absolute atomic E-state index is 0.109. The van der Waals surface area contributed by atoms with Crippen molar-refractivity contribution in [1.82, 2.24) is 0 Å². The fraction of sp³-hybridized carbons (Fsp3) is 1.00. The van der Waals surface area contributed by atoms with Crippen molar-refractivity contribution in [3.8, 4) is 0 Å². The second-order valence-corrected chi connectivity index (χ2v) is 2.55. The van der Waals surface area contributed by atoms with Crippen LogP contribution < -0.4 is 0 Å². The molecule has 0 aromatic carbocycles. The van der Waals surface area contributed by atoms with Gasteiger partial charge in [0.2, 0.25) is 0 Å². The quantitative estimate of drug-likeness (QED) is 0.343. The molecular weight excluding hydrogens is 150 g/mol. The number of nitro groups is 1. The molecule has 0 amide bonds. The fourth-order valence-corrected chi connectivity index (χ4v) is 0.701. The van der Waals surface area contributed by atoms with Crippen molar-refractivity contribution < 1.29 is 15.1 Å². The Bertz CT molecular complexity index is 126. The maximum atomic E-state index is 9.87. The molecule has 66 valence electrons. The van der Waals surface area contributed by atoms with E-state index in [1.807, 2.05) is 0 Å². The standard InChI is InChI=1S/C6H13NO4/c1-5(8)3-2-4-6(9)7(10)11/h5-6,8-9H,2-4H2,1H3. The molecule has 0 saturated heterocycles. The smallest absolute Gasteiger partial charge is 0.312 e. The first-order valence-electron chi connectivity index (χ1n) is 3.53. The Morgan fingerprint density at radius 2 is 2.00 bits per heavy atom. The average Bonchev–Trinajstić information content (AvgIpc) is 1.86. The maximum absolute atomic E-state index is 9.87. The predicted molar refractivity (Wildman–Crippen MR) is 38.5 cm³/mol. The summed E-state index contributed by atoms with van der Waals surface area (Å²) in [6, 6.07) is 0. The van der Waals surface area contributed by atoms with Crippen LogP contribution in [0.1, 0.15) is 26.2 Å². The zero-order valence-corrected chi connectivity index (χ0v) is 6.43. The Kier molecular flexibility index (Phi) is 4.72. The van der Waals surface area contributed by atoms with Crippen molar-refractivity contribution in [2.45, 2.75) is 38.5 Å². The highest BCUT2D eigenvalue weighted by molar-refractivity contribution is 4.48. The van der Waals surface area contributed by atoms with Gasteiger partial charge in [0.05, 0.1) is 11.0 Å². The van der Waals surface area contributed by atoms with Crippen molar-refractivity contribution >= 4 is 0 Å². The fourth-order valence-electron chi connectivity index (χ4n) is 0.701. The average molecular weight is 163 g/mol. The van der Waals surface area contributed by atoms with Gasteiger partial charge in [-0.2, -0.15) is 0 Å². The lowest BCUT2D eigenvalue weighted by molar-refractivity contribution is -0.571. The van der Waals surface area contributed by atoms with E-state index in [4.69, 9.17) is 10.2 Å². The van der Waals surface area contributed by atoms with Gasteiger partial charge in [0.25, 0.3) is 0 Å². The van der Waals surface area contributed by atoms with Gasteiger partial charge in [-0.05, 0) is 19.8 Å². The van der Waals surface area contributed by atoms with E-state index >= 15 is 0 Å². The van der Waals surface area contributed by atoms with Gasteiger partial charge < -0.3 is 10.2 Å². The largest absolute Gasteiger partial charge is 0.393 e. The Morgan fingerprint density at radius 1 is 1.45 bits per heavy atom. The van der Waals surface area contributed by atoms with Crippen molar-refractivity contribution in [3.05, 3.63) is 10.1 Å². The summed E-state index contributed by atoms with van der Waals surface area (Å²) in [5.41, 5.74) is 0. The highest BCUT2D eigenvalue weighted by atomic mass is 16.7. The molecule has 0 aromatic heterocycles. The minimum Gasteiger partial charge on any atom is -0.393 e. The molecule has 0 aliphatic carbocycles. The second-order valence-electron chi connectivity index (χ2n) is 2.55. The SMILES string of the molecule is CC(O)CCCC(O)[N+](=O)[O-]. The van der Waals surface area contributed by atoms with Gasteiger partial charge in [0.15, 0.2) is 0 Å². The molecule has 5 heteroatoms. The zero-order valence-electron chi connectivity index (χ0n) is 6.43. The van der Waals surface area contributed by atoms with Crippen LogP contribution in [-0.2, 0) is 0 Å². The Hall–Kier alpha value is -0.680. The molecule has 0 saturated carbocycles. The summed E-state index contributed by atoms with van der Waals surface area (Å²) in [6.45, 7) is 1.61. The molecule has 0 fully saturated rings. The lowest BCUT2D eigenvalue weighted by Crippen LogP contribution is -2.18. The number of hydrogen-bond donors (Lipinski definition) is 2. The van der Waals surface area contributed by atoms with Gasteiger partial charge in [0.1, 0.15) is 0 Å². The number of aliphatic hydroxyl groups excluding tert-OH is 2. The van der Waals surface area contributed by atoms with E-state index in [1.54, 1.807) is 6.92 Å². The lowest BCUT2D eigenvalue weighted by atomic mass is 10.1. The second kappa shape index (κ2) is 5.03. The van der Waals surface area contributed by atoms with Crippen LogP contribution in [0.2, 0.25) is 0 Å². The van der Waals surface area contributed by atoms with E-state index in [0.29, 0.717) is 12.8 Å². The number of nitrogens with zero attached hydrogens (tertiary/aromatic N) is 1. The van der Waals surface area contributed by atoms with Crippen molar-refractivity contribution in [2.75, 3.05) is 0 Å². The molecule has 0 aliphatic heterocycles. The molecule has 0 heterocycles. The van der Waals surface area contributed by atoms with Crippen molar-refractivity contribution in [2.24, 2.45) is 0 Å². The summed E-state index contributed by atoms with van der Waals surface area (Å²) in [7, 11) is 0. The maximum Gasteiger partial charge on any atom is 0.312 e. The van der Waals surface area contributed by atoms with Crippen LogP contribution >= 0.6 is 0 Å². The molecule has 2 unspecified atom stereocenters. The van der Waals surface area contributed by atoms with Crippen LogP contribution in [-0.4, -0.2) is 27.5 Å². The first kappa shape index (κ1) is 10.3. The first-order valence-corrected chi connectivity index (χ1v) is 3.53. The molecule has 0 rings (SSSR count). The third kappa shape index (κ3) is 5.75. The van der Waals surface area contributed by atoms with Crippen LogP contribution in [0.15, 0.2) is 0 Å². The highest BCUT2D eigenvalue weighted by Gasteiger charge is 2.13. The molecule has 5 nitrogen and oxygen atoms in total. The summed E-state index contributed by atoms with van der Waals surface area (Å²) < 4.78 is 0. The molecule has 0 bridgehead atoms. The van der Waals surface area contributed by atoms with E-state index in [9.17, 15) is 10.1 Å². The molecule has 2 N–H and O–H groups in total. The molecule has 11 heavy (non-hydrogen) atoms. The van der Waals surface area contributed by atoms with Crippen LogP contribution in [0.4, 0.5) is 0 Å². The highest BCUT2D eigenvalue weighted by Crippen LogP contribution is 2.03. The predicted octanol–water partition coefficient (Wildman–Crippen LogP) is 0.133. The van der Waals surface area contributed by atoms with Gasteiger partial charge in [-0.25, -0.2) is 0 Å². The van der Waals surface area contributed by atoms with Crippen LogP contribution in [0.25, 0.3) is 0 Å². The third-order valence-corrected chi connectivity index (χ3v) is 1.33. The lowest BCUT2D eigenvalue weighted by Gasteiger charge is -2.03. The van der Waals surface area contributed by atoms with E-state index in [2.05, 4.69) is 0 Å². The molecule has 2 atom stereocenters. The van der Waals surface area contributed by atoms with E-state index in [-0.39, 0.29) is 6.42 Å². The summed E-state index contributed by atoms with van der Waals surface area (Å²) >= 11 is 0. The molecule has 0 radical (unpaired) electrons. The normalized spacial score (nSPS) is 15.9. The van der Waals surface area contributed by atoms with E-state index in [1.165, 1.54) is 0 Å². The molecule has 0 aromatic rings. The Balaban J connectivity index is 3.31.